The molecule has 1 aromatic rings. The summed E-state index contributed by atoms with van der Waals surface area (Å²) in [6.07, 6.45) is 4.03. The van der Waals surface area contributed by atoms with Gasteiger partial charge < -0.3 is 29.4 Å². The van der Waals surface area contributed by atoms with Gasteiger partial charge in [-0.2, -0.15) is 0 Å². The second kappa shape index (κ2) is 10.2. The maximum Gasteiger partial charge on any atom is 0.494 e. The average molecular weight is 544 g/mol. The lowest BCUT2D eigenvalue weighted by Crippen LogP contribution is -2.63. The third-order valence-corrected chi connectivity index (χ3v) is 11.3. The van der Waals surface area contributed by atoms with Crippen LogP contribution >= 0.6 is 0 Å². The number of rotatable bonds is 5. The Kier molecular flexibility index (Phi) is 7.45. The molecule has 1 aromatic carbocycles. The number of esters is 1. The molecule has 2 bridgehead atoms. The van der Waals surface area contributed by atoms with E-state index in [1.54, 1.807) is 12.1 Å². The lowest BCUT2D eigenvalue weighted by molar-refractivity contribution is -0.219. The number of fused-ring (bicyclic) bond motifs is 1. The molecule has 4 aliphatic rings. The molecule has 3 fully saturated rings. The van der Waals surface area contributed by atoms with Crippen molar-refractivity contribution in [3.05, 3.63) is 36.2 Å². The van der Waals surface area contributed by atoms with Crippen LogP contribution in [0.1, 0.15) is 65.4 Å². The maximum atomic E-state index is 15.1. The highest BCUT2D eigenvalue weighted by atomic mass is 19.1. The molecule has 3 saturated carbocycles. The minimum absolute atomic E-state index is 0.0343. The summed E-state index contributed by atoms with van der Waals surface area (Å²) in [4.78, 5) is 13.3. The van der Waals surface area contributed by atoms with E-state index in [0.29, 0.717) is 31.4 Å². The number of aliphatic hydroxyl groups excluding tert-OH is 2. The fourth-order valence-corrected chi connectivity index (χ4v) is 8.70. The van der Waals surface area contributed by atoms with Gasteiger partial charge in [-0.15, -0.1) is 6.58 Å². The molecule has 3 N–H and O–H groups in total. The summed E-state index contributed by atoms with van der Waals surface area (Å²) >= 11 is 0. The van der Waals surface area contributed by atoms with E-state index in [2.05, 4.69) is 27.4 Å². The number of aliphatic hydroxyl groups is 2. The molecule has 0 spiro atoms. The van der Waals surface area contributed by atoms with Gasteiger partial charge in [0.2, 0.25) is 0 Å². The standard InChI is InChI=1S/C30H42BFO7/c1-6-28(4)15-22(29(5)17(2)9-12-30(18(3)27(28)35)13-10-20(33)26(29)30)39-23(34)16-37-21-8-7-19-11-14-38-31(36)24(19)25(21)32/h6-8,17-18,20,22,26-27,33,35-36H,1,9-16H2,2-5H3/t17-,18+,20?,22-,26+,27+,28-,29+,30+/m1/s1. The fraction of sp³-hybridized carbons (Fsp3) is 0.700. The van der Waals surface area contributed by atoms with Crippen LogP contribution in [-0.2, 0) is 20.6 Å². The van der Waals surface area contributed by atoms with Crippen LogP contribution in [0.4, 0.5) is 4.39 Å². The summed E-state index contributed by atoms with van der Waals surface area (Å²) in [5, 5.41) is 33.1. The van der Waals surface area contributed by atoms with Gasteiger partial charge in [0.05, 0.1) is 12.2 Å². The van der Waals surface area contributed by atoms with Gasteiger partial charge in [0.1, 0.15) is 6.10 Å². The molecule has 1 unspecified atom stereocenters. The molecule has 7 nitrogen and oxygen atoms in total. The van der Waals surface area contributed by atoms with Crippen LogP contribution in [0.15, 0.2) is 24.8 Å². The van der Waals surface area contributed by atoms with Gasteiger partial charge in [-0.1, -0.05) is 39.8 Å². The van der Waals surface area contributed by atoms with E-state index in [1.165, 1.54) is 6.07 Å². The summed E-state index contributed by atoms with van der Waals surface area (Å²) in [6, 6.07) is 3.12. The molecule has 214 valence electrons. The van der Waals surface area contributed by atoms with Crippen molar-refractivity contribution in [1.29, 1.82) is 0 Å². The number of carbonyl (C=O) groups excluding carboxylic acids is 1. The largest absolute Gasteiger partial charge is 0.494 e. The summed E-state index contributed by atoms with van der Waals surface area (Å²) in [5.41, 5.74) is -0.838. The summed E-state index contributed by atoms with van der Waals surface area (Å²) in [6.45, 7) is 12.2. The van der Waals surface area contributed by atoms with Crippen molar-refractivity contribution in [1.82, 2.24) is 0 Å². The number of benzene rings is 1. The Labute approximate surface area is 230 Å². The summed E-state index contributed by atoms with van der Waals surface area (Å²) in [5.74, 6) is -1.58. The number of ether oxygens (including phenoxy) is 2. The van der Waals surface area contributed by atoms with Gasteiger partial charge in [-0.3, -0.25) is 0 Å². The Balaban J connectivity index is 1.43. The van der Waals surface area contributed by atoms with Crippen molar-refractivity contribution in [3.8, 4) is 5.75 Å². The molecule has 0 amide bonds. The predicted octanol–water partition coefficient (Wildman–Crippen LogP) is 3.16. The molecule has 39 heavy (non-hydrogen) atoms. The normalized spacial score (nSPS) is 41.6. The number of carbonyl (C=O) groups is 1. The molecule has 1 aliphatic heterocycles. The third-order valence-electron chi connectivity index (χ3n) is 11.3. The first-order valence-electron chi connectivity index (χ1n) is 14.3. The van der Waals surface area contributed by atoms with E-state index in [1.807, 2.05) is 6.92 Å². The molecule has 3 aliphatic carbocycles. The van der Waals surface area contributed by atoms with Crippen molar-refractivity contribution in [2.45, 2.75) is 84.5 Å². The molecule has 1 heterocycles. The number of hydrogen-bond donors (Lipinski definition) is 3. The summed E-state index contributed by atoms with van der Waals surface area (Å²) < 4.78 is 32.0. The molecular weight excluding hydrogens is 502 g/mol. The quantitative estimate of drug-likeness (QED) is 0.297. The molecule has 5 rings (SSSR count). The zero-order valence-corrected chi connectivity index (χ0v) is 23.5. The molecule has 9 atom stereocenters. The van der Waals surface area contributed by atoms with Crippen LogP contribution in [0, 0.1) is 39.8 Å². The van der Waals surface area contributed by atoms with Gasteiger partial charge in [0, 0.05) is 22.9 Å². The SMILES string of the molecule is C=C[C@]1(C)C[C@@H](OC(=O)COc2ccc3c(c2F)B(O)OCC3)[C@]2(C)[C@H](C)CC[C@]3(CCC(O)[C@H]32)[C@@H](C)[C@@H]1O. The Morgan fingerprint density at radius 2 is 1.97 bits per heavy atom. The first-order valence-corrected chi connectivity index (χ1v) is 14.3. The smallest absolute Gasteiger partial charge is 0.479 e. The lowest BCUT2D eigenvalue weighted by Gasteiger charge is -2.63. The van der Waals surface area contributed by atoms with E-state index in [4.69, 9.17) is 14.1 Å². The van der Waals surface area contributed by atoms with E-state index < -0.39 is 54.7 Å². The van der Waals surface area contributed by atoms with Crippen molar-refractivity contribution >= 4 is 18.6 Å². The van der Waals surface area contributed by atoms with Crippen LogP contribution in [0.2, 0.25) is 0 Å². The van der Waals surface area contributed by atoms with Gasteiger partial charge in [0.25, 0.3) is 0 Å². The highest BCUT2D eigenvalue weighted by molar-refractivity contribution is 6.61. The first kappa shape index (κ1) is 28.6. The zero-order valence-electron chi connectivity index (χ0n) is 23.5. The van der Waals surface area contributed by atoms with E-state index >= 15 is 4.39 Å². The minimum Gasteiger partial charge on any atom is -0.479 e. The van der Waals surface area contributed by atoms with Gasteiger partial charge in [0.15, 0.2) is 18.2 Å². The van der Waals surface area contributed by atoms with Crippen molar-refractivity contribution in [2.75, 3.05) is 13.2 Å². The molecule has 0 aromatic heterocycles. The zero-order chi connectivity index (χ0) is 28.3. The van der Waals surface area contributed by atoms with Crippen LogP contribution in [0.3, 0.4) is 0 Å². The minimum atomic E-state index is -1.38. The van der Waals surface area contributed by atoms with Gasteiger partial charge in [-0.25, -0.2) is 9.18 Å². The second-order valence-electron chi connectivity index (χ2n) is 13.0. The van der Waals surface area contributed by atoms with Crippen molar-refractivity contribution in [3.63, 3.8) is 0 Å². The van der Waals surface area contributed by atoms with Crippen LogP contribution in [0.5, 0.6) is 5.75 Å². The van der Waals surface area contributed by atoms with Crippen molar-refractivity contribution < 1.29 is 38.6 Å². The van der Waals surface area contributed by atoms with Crippen LogP contribution in [-0.4, -0.2) is 59.9 Å². The molecule has 0 saturated heterocycles. The van der Waals surface area contributed by atoms with E-state index in [0.717, 1.165) is 19.3 Å². The van der Waals surface area contributed by atoms with E-state index in [9.17, 15) is 20.0 Å². The van der Waals surface area contributed by atoms with E-state index in [-0.39, 0.29) is 34.4 Å². The Morgan fingerprint density at radius 1 is 1.26 bits per heavy atom. The monoisotopic (exact) mass is 544 g/mol. The highest BCUT2D eigenvalue weighted by Gasteiger charge is 2.68. The number of hydrogen-bond acceptors (Lipinski definition) is 7. The van der Waals surface area contributed by atoms with Gasteiger partial charge >= 0.3 is 13.1 Å². The topological polar surface area (TPSA) is 105 Å². The highest BCUT2D eigenvalue weighted by Crippen LogP contribution is 2.69. The predicted molar refractivity (Wildman–Crippen MR) is 145 cm³/mol. The summed E-state index contributed by atoms with van der Waals surface area (Å²) in [7, 11) is -1.38. The van der Waals surface area contributed by atoms with Gasteiger partial charge in [-0.05, 0) is 73.3 Å². The molecule has 0 radical (unpaired) electrons. The lowest BCUT2D eigenvalue weighted by atomic mass is 9.43. The molecule has 9 heteroatoms. The van der Waals surface area contributed by atoms with Crippen LogP contribution in [0.25, 0.3) is 0 Å². The maximum absolute atomic E-state index is 15.1. The third kappa shape index (κ3) is 4.35. The fourth-order valence-electron chi connectivity index (χ4n) is 8.70. The second-order valence-corrected chi connectivity index (χ2v) is 13.0. The van der Waals surface area contributed by atoms with Crippen molar-refractivity contribution in [2.24, 2.45) is 34.0 Å². The van der Waals surface area contributed by atoms with Crippen LogP contribution < -0.4 is 10.2 Å². The Bertz CT molecular complexity index is 1130. The molecular formula is C30H42BFO7. The first-order chi connectivity index (χ1) is 18.4. The average Bonchev–Trinajstić information content (AvgIpc) is 3.26. The Hall–Kier alpha value is -1.94. The Morgan fingerprint density at radius 3 is 2.69 bits per heavy atom. The number of halogens is 1.